The van der Waals surface area contributed by atoms with Crippen molar-refractivity contribution in [1.29, 1.82) is 0 Å². The molecule has 34 heavy (non-hydrogen) atoms. The van der Waals surface area contributed by atoms with Crippen LogP contribution < -0.4 is 0 Å². The second-order valence-corrected chi connectivity index (χ2v) is 12.4. The summed E-state index contributed by atoms with van der Waals surface area (Å²) in [5, 5.41) is 0. The zero-order valence-corrected chi connectivity index (χ0v) is 26.1. The van der Waals surface area contributed by atoms with Gasteiger partial charge in [-0.2, -0.15) is 0 Å². The second-order valence-electron chi connectivity index (χ2n) is 8.51. The van der Waals surface area contributed by atoms with E-state index in [0.717, 1.165) is 23.8 Å². The smallest absolute Gasteiger partial charge is 0.147 e. The van der Waals surface area contributed by atoms with E-state index in [1.54, 1.807) is 0 Å². The molecule has 0 unspecified atom stereocenters. The van der Waals surface area contributed by atoms with E-state index in [9.17, 15) is 0 Å². The molecule has 0 aliphatic rings. The van der Waals surface area contributed by atoms with Crippen LogP contribution in [0.3, 0.4) is 0 Å². The first-order valence-corrected chi connectivity index (χ1v) is 12.5. The predicted octanol–water partition coefficient (Wildman–Crippen LogP) is 0.735. The first-order chi connectivity index (χ1) is 15.2. The Labute approximate surface area is 215 Å². The molecule has 0 rings (SSSR count). The van der Waals surface area contributed by atoms with E-state index < -0.39 is 7.87 Å². The first kappa shape index (κ1) is 34.0. The van der Waals surface area contributed by atoms with Gasteiger partial charge in [-0.05, 0) is 0 Å². The minimum Gasteiger partial charge on any atom is -0.147 e. The van der Waals surface area contributed by atoms with Crippen LogP contribution in [0, 0.1) is 0 Å². The molecular weight excluding hydrogens is 475 g/mol. The Bertz CT molecular complexity index is 622. The van der Waals surface area contributed by atoms with E-state index in [-0.39, 0.29) is 12.4 Å². The molecule has 202 valence electrons. The number of hydrogen-bond donors (Lipinski definition) is 0. The molecule has 0 radical (unpaired) electrons. The van der Waals surface area contributed by atoms with Crippen LogP contribution in [0.5, 0.6) is 0 Å². The van der Waals surface area contributed by atoms with Gasteiger partial charge in [-0.1, -0.05) is 0 Å². The zero-order chi connectivity index (χ0) is 26.3. The van der Waals surface area contributed by atoms with Gasteiger partial charge in [-0.15, -0.1) is 12.4 Å². The molecule has 0 aliphatic carbocycles. The molecule has 0 aliphatic heterocycles. The third-order valence-electron chi connectivity index (χ3n) is 5.40. The molecule has 0 saturated carbocycles. The Kier molecular flexibility index (Phi) is 14.2. The molecule has 12 nitrogen and oxygen atoms in total. The van der Waals surface area contributed by atoms with Gasteiger partial charge in [0.15, 0.2) is 0 Å². The molecule has 0 bridgehead atoms. The quantitative estimate of drug-likeness (QED) is 0.303. The van der Waals surface area contributed by atoms with Crippen molar-refractivity contribution in [2.45, 2.75) is 0 Å². The summed E-state index contributed by atoms with van der Waals surface area (Å²) in [5.41, 5.74) is 0. The zero-order valence-electron chi connectivity index (χ0n) is 24.3. The minimum atomic E-state index is -3.15. The van der Waals surface area contributed by atoms with Crippen molar-refractivity contribution in [2.24, 2.45) is 20.0 Å². The molecule has 0 aromatic rings. The second kappa shape index (κ2) is 14.3. The van der Waals surface area contributed by atoms with Crippen LogP contribution in [0.2, 0.25) is 0 Å². The minimum absolute atomic E-state index is 0. The molecule has 0 amide bonds. The van der Waals surface area contributed by atoms with Crippen molar-refractivity contribution in [1.82, 2.24) is 38.3 Å². The van der Waals surface area contributed by atoms with Crippen molar-refractivity contribution in [3.63, 3.8) is 0 Å². The van der Waals surface area contributed by atoms with Gasteiger partial charge >= 0.3 is 203 Å². The summed E-state index contributed by atoms with van der Waals surface area (Å²) < 4.78 is 8.96. The third-order valence-corrected chi connectivity index (χ3v) is 9.80. The largest absolute Gasteiger partial charge is 0.147 e. The molecular formula is C20H50ClN12P. The number of rotatable bonds is 4. The monoisotopic (exact) mass is 524 g/mol. The number of hydrogen-bond acceptors (Lipinski definition) is 4. The SMILES string of the molecule is CN=C(N(C)C)N(C)[PH](N(C)C(=NC)N(C)C)(N(C)C(=NC)N(C)C)N(C)C(=NC)N(C)C.Cl. The van der Waals surface area contributed by atoms with Crippen molar-refractivity contribution in [2.75, 3.05) is 113 Å². The van der Waals surface area contributed by atoms with Gasteiger partial charge in [0.25, 0.3) is 0 Å². The Morgan fingerprint density at radius 2 is 0.529 bits per heavy atom. The normalized spacial score (nSPS) is 13.6. The maximum atomic E-state index is 4.65. The molecule has 0 aromatic heterocycles. The molecule has 0 saturated heterocycles. The summed E-state index contributed by atoms with van der Waals surface area (Å²) >= 11 is 0. The molecule has 0 atom stereocenters. The van der Waals surface area contributed by atoms with E-state index in [2.05, 4.69) is 66.8 Å². The molecule has 14 heteroatoms. The topological polar surface area (TPSA) is 75.4 Å². The fraction of sp³-hybridized carbons (Fsp3) is 0.800. The van der Waals surface area contributed by atoms with Crippen LogP contribution in [0.25, 0.3) is 0 Å². The number of guanidine groups is 4. The van der Waals surface area contributed by atoms with E-state index in [0.29, 0.717) is 0 Å². The summed E-state index contributed by atoms with van der Waals surface area (Å²) in [4.78, 5) is 26.7. The van der Waals surface area contributed by atoms with Crippen LogP contribution in [0.15, 0.2) is 20.0 Å². The number of halogens is 1. The average Bonchev–Trinajstić information content (AvgIpc) is 2.69. The van der Waals surface area contributed by atoms with E-state index in [1.165, 1.54) is 0 Å². The van der Waals surface area contributed by atoms with Gasteiger partial charge in [-0.25, -0.2) is 0 Å². The van der Waals surface area contributed by atoms with Gasteiger partial charge in [0.1, 0.15) is 0 Å². The summed E-state index contributed by atoms with van der Waals surface area (Å²) in [7, 11) is 28.4. The maximum absolute atomic E-state index is 4.65. The Hall–Kier alpha value is -2.20. The van der Waals surface area contributed by atoms with Crippen LogP contribution in [-0.2, 0) is 0 Å². The van der Waals surface area contributed by atoms with Gasteiger partial charge in [0.05, 0.1) is 0 Å². The predicted molar refractivity (Wildman–Crippen MR) is 155 cm³/mol. The Morgan fingerprint density at radius 1 is 0.382 bits per heavy atom. The molecule has 0 aromatic carbocycles. The van der Waals surface area contributed by atoms with E-state index in [1.807, 2.05) is 104 Å². The standard InChI is InChI=1S/C20H49N12P.ClH/c1-21-17(25(5)6)29(13)33(30(14)18(22-2)26(7)8,31(15)19(23-3)27(9)10)32(16)20(24-4)28(11)12;/h33H,1-16H3;1H. The Morgan fingerprint density at radius 3 is 0.618 bits per heavy atom. The maximum Gasteiger partial charge on any atom is -0.147 e. The third kappa shape index (κ3) is 6.47. The van der Waals surface area contributed by atoms with E-state index in [4.69, 9.17) is 0 Å². The van der Waals surface area contributed by atoms with Crippen molar-refractivity contribution >= 4 is 44.1 Å². The van der Waals surface area contributed by atoms with Crippen LogP contribution >= 0.6 is 20.3 Å². The number of aliphatic imine (C=N–C) groups is 4. The summed E-state index contributed by atoms with van der Waals surface area (Å²) in [6.45, 7) is 0. The molecule has 0 heterocycles. The number of nitrogens with zero attached hydrogens (tertiary/aromatic N) is 12. The molecule has 0 fully saturated rings. The van der Waals surface area contributed by atoms with Crippen LogP contribution in [0.1, 0.15) is 0 Å². The first-order valence-electron chi connectivity index (χ1n) is 10.7. The van der Waals surface area contributed by atoms with Gasteiger partial charge in [-0.3, -0.25) is 0 Å². The molecule has 0 spiro atoms. The van der Waals surface area contributed by atoms with Crippen molar-refractivity contribution < 1.29 is 0 Å². The summed E-state index contributed by atoms with van der Waals surface area (Å²) in [6.07, 6.45) is 0. The van der Waals surface area contributed by atoms with Gasteiger partial charge in [0.2, 0.25) is 0 Å². The van der Waals surface area contributed by atoms with Gasteiger partial charge in [0, 0.05) is 0 Å². The van der Waals surface area contributed by atoms with Crippen LogP contribution in [0.4, 0.5) is 0 Å². The fourth-order valence-electron chi connectivity index (χ4n) is 4.49. The summed E-state index contributed by atoms with van der Waals surface area (Å²) in [5.74, 6) is 3.30. The average molecular weight is 525 g/mol. The fourth-order valence-corrected chi connectivity index (χ4v) is 9.46. The van der Waals surface area contributed by atoms with E-state index >= 15 is 0 Å². The van der Waals surface area contributed by atoms with Crippen molar-refractivity contribution in [3.8, 4) is 0 Å². The summed E-state index contributed by atoms with van der Waals surface area (Å²) in [6, 6.07) is 0. The van der Waals surface area contributed by atoms with Crippen molar-refractivity contribution in [3.05, 3.63) is 0 Å². The molecule has 0 N–H and O–H groups in total. The van der Waals surface area contributed by atoms with Gasteiger partial charge < -0.3 is 0 Å². The van der Waals surface area contributed by atoms with Crippen LogP contribution in [-0.4, -0.2) is 175 Å². The Balaban J connectivity index is 0.